The molecule has 0 aliphatic carbocycles. The molecule has 1 amide bonds. The lowest BCUT2D eigenvalue weighted by Crippen LogP contribution is -2.42. The highest BCUT2D eigenvalue weighted by atomic mass is 35.5. The van der Waals surface area contributed by atoms with Crippen molar-refractivity contribution in [1.82, 2.24) is 4.98 Å². The smallest absolute Gasteiger partial charge is 0.266 e. The predicted octanol–water partition coefficient (Wildman–Crippen LogP) is 4.03. The minimum Gasteiger partial charge on any atom is -0.493 e. The average molecular weight is 439 g/mol. The van der Waals surface area contributed by atoms with Crippen molar-refractivity contribution in [2.24, 2.45) is 0 Å². The van der Waals surface area contributed by atoms with Gasteiger partial charge in [-0.3, -0.25) is 14.5 Å². The molecular weight excluding hydrogens is 420 g/mol. The summed E-state index contributed by atoms with van der Waals surface area (Å²) in [5.41, 5.74) is 1.82. The number of pyridine rings is 1. The summed E-state index contributed by atoms with van der Waals surface area (Å²) in [5, 5.41) is 0.533. The highest BCUT2D eigenvalue weighted by Crippen LogP contribution is 2.36. The molecule has 3 aromatic rings. The zero-order valence-corrected chi connectivity index (χ0v) is 17.7. The maximum atomic E-state index is 12.8. The molecule has 2 heterocycles. The van der Waals surface area contributed by atoms with Gasteiger partial charge in [-0.1, -0.05) is 11.6 Å². The molecule has 0 atom stereocenters. The number of ketones is 1. The molecule has 0 saturated heterocycles. The van der Waals surface area contributed by atoms with Gasteiger partial charge in [0, 0.05) is 16.1 Å². The van der Waals surface area contributed by atoms with E-state index in [-0.39, 0.29) is 24.8 Å². The van der Waals surface area contributed by atoms with Crippen LogP contribution in [0, 0.1) is 0 Å². The van der Waals surface area contributed by atoms with Crippen molar-refractivity contribution in [1.29, 1.82) is 0 Å². The third kappa shape index (κ3) is 4.18. The largest absolute Gasteiger partial charge is 0.493 e. The first kappa shape index (κ1) is 20.7. The Morgan fingerprint density at radius 1 is 1.06 bits per heavy atom. The normalized spacial score (nSPS) is 12.7. The number of carbonyl (C=O) groups excluding carboxylic acids is 2. The fourth-order valence-electron chi connectivity index (χ4n) is 3.27. The molecule has 0 spiro atoms. The number of Topliss-reactive ketones (excluding diaryl/α,β-unsaturated/α-hetero) is 1. The van der Waals surface area contributed by atoms with Gasteiger partial charge in [-0.25, -0.2) is 4.98 Å². The van der Waals surface area contributed by atoms with E-state index in [9.17, 15) is 9.59 Å². The van der Waals surface area contributed by atoms with Crippen LogP contribution in [0.3, 0.4) is 0 Å². The summed E-state index contributed by atoms with van der Waals surface area (Å²) < 4.78 is 16.2. The van der Waals surface area contributed by atoms with Gasteiger partial charge in [0.05, 0.1) is 26.5 Å². The lowest BCUT2D eigenvalue weighted by atomic mass is 10.1. The molecule has 1 aromatic heterocycles. The Labute approximate surface area is 184 Å². The van der Waals surface area contributed by atoms with Crippen molar-refractivity contribution in [2.45, 2.75) is 0 Å². The maximum absolute atomic E-state index is 12.8. The quantitative estimate of drug-likeness (QED) is 0.541. The number of carbonyl (C=O) groups is 2. The second-order valence-corrected chi connectivity index (χ2v) is 7.22. The molecule has 1 aliphatic rings. The number of ether oxygens (including phenoxy) is 3. The van der Waals surface area contributed by atoms with E-state index in [0.29, 0.717) is 39.3 Å². The summed E-state index contributed by atoms with van der Waals surface area (Å²) in [7, 11) is 3.12. The van der Waals surface area contributed by atoms with Crippen LogP contribution in [0.4, 0.5) is 5.82 Å². The second-order valence-electron chi connectivity index (χ2n) is 6.79. The Kier molecular flexibility index (Phi) is 5.77. The van der Waals surface area contributed by atoms with E-state index in [4.69, 9.17) is 25.8 Å². The highest BCUT2D eigenvalue weighted by Gasteiger charge is 2.29. The standard InChI is InChI=1S/C23H19ClN2O5/c1-29-19-9-5-15(11-21(19)30-2)17-8-10-20-23(25-17)26(22(28)13-31-20)12-18(27)14-3-6-16(24)7-4-14/h3-11H,12-13H2,1-2H3. The van der Waals surface area contributed by atoms with Crippen LogP contribution in [0.15, 0.2) is 54.6 Å². The number of fused-ring (bicyclic) bond motifs is 1. The van der Waals surface area contributed by atoms with Crippen LogP contribution in [0.25, 0.3) is 11.3 Å². The number of nitrogens with zero attached hydrogens (tertiary/aromatic N) is 2. The summed E-state index contributed by atoms with van der Waals surface area (Å²) in [5.74, 6) is 1.32. The van der Waals surface area contributed by atoms with Gasteiger partial charge >= 0.3 is 0 Å². The monoisotopic (exact) mass is 438 g/mol. The van der Waals surface area contributed by atoms with Crippen LogP contribution in [0.5, 0.6) is 17.2 Å². The molecule has 0 bridgehead atoms. The minimum atomic E-state index is -0.341. The highest BCUT2D eigenvalue weighted by molar-refractivity contribution is 6.30. The Hall–Kier alpha value is -3.58. The minimum absolute atomic E-state index is 0.154. The summed E-state index contributed by atoms with van der Waals surface area (Å²) in [6.45, 7) is -0.308. The summed E-state index contributed by atoms with van der Waals surface area (Å²) in [6.07, 6.45) is 0. The van der Waals surface area contributed by atoms with Gasteiger partial charge in [-0.2, -0.15) is 0 Å². The predicted molar refractivity (Wildman–Crippen MR) is 116 cm³/mol. The van der Waals surface area contributed by atoms with Gasteiger partial charge in [0.1, 0.15) is 0 Å². The first-order valence-corrected chi connectivity index (χ1v) is 9.83. The summed E-state index contributed by atoms with van der Waals surface area (Å²) >= 11 is 5.90. The van der Waals surface area contributed by atoms with Crippen LogP contribution < -0.4 is 19.1 Å². The third-order valence-electron chi connectivity index (χ3n) is 4.89. The van der Waals surface area contributed by atoms with Crippen LogP contribution in [0.1, 0.15) is 10.4 Å². The molecule has 0 saturated carbocycles. The van der Waals surface area contributed by atoms with Crippen molar-refractivity contribution in [3.63, 3.8) is 0 Å². The summed E-state index contributed by atoms with van der Waals surface area (Å²) in [4.78, 5) is 31.3. The van der Waals surface area contributed by atoms with Crippen LogP contribution >= 0.6 is 11.6 Å². The van der Waals surface area contributed by atoms with E-state index in [1.807, 2.05) is 6.07 Å². The van der Waals surface area contributed by atoms with E-state index in [2.05, 4.69) is 4.98 Å². The molecule has 31 heavy (non-hydrogen) atoms. The Bertz CT molecular complexity index is 1150. The lowest BCUT2D eigenvalue weighted by Gasteiger charge is -2.28. The Balaban J connectivity index is 1.68. The van der Waals surface area contributed by atoms with E-state index < -0.39 is 0 Å². The fourth-order valence-corrected chi connectivity index (χ4v) is 3.39. The number of methoxy groups -OCH3 is 2. The van der Waals surface area contributed by atoms with E-state index in [0.717, 1.165) is 5.56 Å². The van der Waals surface area contributed by atoms with Gasteiger partial charge in [-0.15, -0.1) is 0 Å². The number of anilines is 1. The van der Waals surface area contributed by atoms with Crippen molar-refractivity contribution >= 4 is 29.1 Å². The van der Waals surface area contributed by atoms with E-state index >= 15 is 0 Å². The Morgan fingerprint density at radius 3 is 2.52 bits per heavy atom. The summed E-state index contributed by atoms with van der Waals surface area (Å²) in [6, 6.07) is 15.5. The molecule has 158 valence electrons. The van der Waals surface area contributed by atoms with E-state index in [1.165, 1.54) is 4.90 Å². The average Bonchev–Trinajstić information content (AvgIpc) is 2.80. The van der Waals surface area contributed by atoms with Gasteiger partial charge in [0.25, 0.3) is 5.91 Å². The molecular formula is C23H19ClN2O5. The first-order valence-electron chi connectivity index (χ1n) is 9.45. The second kappa shape index (κ2) is 8.65. The number of benzene rings is 2. The number of halogens is 1. The molecule has 0 radical (unpaired) electrons. The number of amides is 1. The first-order chi connectivity index (χ1) is 15.0. The molecule has 2 aromatic carbocycles. The van der Waals surface area contributed by atoms with Crippen LogP contribution in [-0.2, 0) is 4.79 Å². The van der Waals surface area contributed by atoms with Crippen LogP contribution in [0.2, 0.25) is 5.02 Å². The SMILES string of the molecule is COc1ccc(-c2ccc3c(n2)N(CC(=O)c2ccc(Cl)cc2)C(=O)CO3)cc1OC. The number of hydrogen-bond donors (Lipinski definition) is 0. The Morgan fingerprint density at radius 2 is 1.81 bits per heavy atom. The van der Waals surface area contributed by atoms with Crippen molar-refractivity contribution in [3.8, 4) is 28.5 Å². The number of aromatic nitrogens is 1. The molecule has 7 nitrogen and oxygen atoms in total. The third-order valence-corrected chi connectivity index (χ3v) is 5.15. The van der Waals surface area contributed by atoms with Crippen molar-refractivity contribution < 1.29 is 23.8 Å². The van der Waals surface area contributed by atoms with Crippen molar-refractivity contribution in [2.75, 3.05) is 32.3 Å². The lowest BCUT2D eigenvalue weighted by molar-refractivity contribution is -0.121. The van der Waals surface area contributed by atoms with Gasteiger partial charge in [0.2, 0.25) is 0 Å². The maximum Gasteiger partial charge on any atom is 0.266 e. The van der Waals surface area contributed by atoms with Gasteiger partial charge < -0.3 is 14.2 Å². The molecule has 1 aliphatic heterocycles. The fraction of sp³-hybridized carbons (Fsp3) is 0.174. The molecule has 4 rings (SSSR count). The number of hydrogen-bond acceptors (Lipinski definition) is 6. The van der Waals surface area contributed by atoms with Gasteiger partial charge in [-0.05, 0) is 54.6 Å². The molecule has 8 heteroatoms. The topological polar surface area (TPSA) is 78.0 Å². The zero-order chi connectivity index (χ0) is 22.0. The van der Waals surface area contributed by atoms with Gasteiger partial charge in [0.15, 0.2) is 35.5 Å². The molecule has 0 unspecified atom stereocenters. The van der Waals surface area contributed by atoms with Crippen molar-refractivity contribution in [3.05, 3.63) is 65.2 Å². The zero-order valence-electron chi connectivity index (χ0n) is 16.9. The van der Waals surface area contributed by atoms with Crippen LogP contribution in [-0.4, -0.2) is 44.0 Å². The molecule has 0 fully saturated rings. The molecule has 0 N–H and O–H groups in total. The van der Waals surface area contributed by atoms with E-state index in [1.54, 1.807) is 62.8 Å². The number of rotatable bonds is 6.